The molecule has 194 valence electrons. The number of halogens is 2. The molecule has 0 spiro atoms. The summed E-state index contributed by atoms with van der Waals surface area (Å²) in [6.45, 7) is 7.14. The summed E-state index contributed by atoms with van der Waals surface area (Å²) in [5.41, 5.74) is 1.06. The third-order valence-corrected chi connectivity index (χ3v) is 6.24. The van der Waals surface area contributed by atoms with Gasteiger partial charge in [0.2, 0.25) is 0 Å². The molecular weight excluding hydrogens is 458 g/mol. The van der Waals surface area contributed by atoms with Crippen LogP contribution in [0.2, 0.25) is 0 Å². The molecule has 10 heteroatoms. The van der Waals surface area contributed by atoms with Crippen LogP contribution in [-0.2, 0) is 9.57 Å². The zero-order valence-electron chi connectivity index (χ0n) is 20.7. The summed E-state index contributed by atoms with van der Waals surface area (Å²) < 4.78 is 34.5. The Hall–Kier alpha value is -2.91. The molecule has 2 fully saturated rings. The van der Waals surface area contributed by atoms with Crippen LogP contribution in [0.3, 0.4) is 0 Å². The summed E-state index contributed by atoms with van der Waals surface area (Å²) in [7, 11) is 0. The van der Waals surface area contributed by atoms with E-state index in [-0.39, 0.29) is 29.9 Å². The first kappa shape index (κ1) is 26.7. The summed E-state index contributed by atoms with van der Waals surface area (Å²) in [6, 6.07) is 1.68. The molecule has 0 radical (unpaired) electrons. The number of hydrogen-bond acceptors (Lipinski definition) is 5. The minimum Gasteiger partial charge on any atom is -0.447 e. The Kier molecular flexibility index (Phi) is 9.68. The van der Waals surface area contributed by atoms with E-state index >= 15 is 0 Å². The highest BCUT2D eigenvalue weighted by molar-refractivity contribution is 5.89. The summed E-state index contributed by atoms with van der Waals surface area (Å²) in [4.78, 5) is 31.1. The van der Waals surface area contributed by atoms with Crippen molar-refractivity contribution in [2.24, 2.45) is 5.16 Å². The number of nitrogens with zero attached hydrogens (tertiary/aromatic N) is 2. The number of carbonyl (C=O) groups is 2. The van der Waals surface area contributed by atoms with Crippen molar-refractivity contribution in [2.45, 2.75) is 83.8 Å². The van der Waals surface area contributed by atoms with Gasteiger partial charge in [0.05, 0.1) is 17.5 Å². The van der Waals surface area contributed by atoms with Crippen molar-refractivity contribution in [3.8, 4) is 0 Å². The van der Waals surface area contributed by atoms with Gasteiger partial charge in [-0.05, 0) is 63.5 Å². The largest absolute Gasteiger partial charge is 0.447 e. The van der Waals surface area contributed by atoms with Crippen molar-refractivity contribution in [3.05, 3.63) is 29.3 Å². The van der Waals surface area contributed by atoms with Crippen molar-refractivity contribution in [1.29, 1.82) is 0 Å². The first-order valence-corrected chi connectivity index (χ1v) is 12.5. The van der Waals surface area contributed by atoms with E-state index in [1.807, 2.05) is 20.8 Å². The van der Waals surface area contributed by atoms with Gasteiger partial charge in [-0.25, -0.2) is 18.4 Å². The Morgan fingerprint density at radius 2 is 1.80 bits per heavy atom. The number of rotatable bonds is 7. The van der Waals surface area contributed by atoms with E-state index < -0.39 is 17.7 Å². The minimum atomic E-state index is -0.653. The fourth-order valence-corrected chi connectivity index (χ4v) is 4.30. The molecule has 1 aliphatic heterocycles. The highest BCUT2D eigenvalue weighted by atomic mass is 19.1. The monoisotopic (exact) mass is 494 g/mol. The fourth-order valence-electron chi connectivity index (χ4n) is 4.30. The van der Waals surface area contributed by atoms with E-state index in [0.29, 0.717) is 63.7 Å². The second kappa shape index (κ2) is 12.7. The van der Waals surface area contributed by atoms with Crippen LogP contribution in [0.4, 0.5) is 24.1 Å². The fraction of sp³-hybridized carbons (Fsp3) is 0.640. The molecule has 8 nitrogen and oxygen atoms in total. The minimum absolute atomic E-state index is 0.0514. The smallest absolute Gasteiger partial charge is 0.410 e. The first-order valence-electron chi connectivity index (χ1n) is 12.5. The van der Waals surface area contributed by atoms with E-state index in [1.54, 1.807) is 4.90 Å². The Labute approximate surface area is 205 Å². The molecule has 1 aliphatic carbocycles. The third kappa shape index (κ3) is 7.80. The van der Waals surface area contributed by atoms with Gasteiger partial charge in [0.15, 0.2) is 0 Å². The van der Waals surface area contributed by atoms with Gasteiger partial charge >= 0.3 is 12.1 Å². The zero-order chi connectivity index (χ0) is 25.4. The summed E-state index contributed by atoms with van der Waals surface area (Å²) in [5, 5.41) is 9.26. The van der Waals surface area contributed by atoms with Crippen molar-refractivity contribution >= 4 is 23.5 Å². The number of nitrogens with one attached hydrogen (secondary N) is 2. The second-order valence-corrected chi connectivity index (χ2v) is 9.39. The zero-order valence-corrected chi connectivity index (χ0v) is 20.7. The number of carbonyl (C=O) groups excluding carboxylic acids is 2. The van der Waals surface area contributed by atoms with Crippen molar-refractivity contribution in [2.75, 3.05) is 25.0 Å². The van der Waals surface area contributed by atoms with Gasteiger partial charge in [0, 0.05) is 38.5 Å². The second-order valence-electron chi connectivity index (χ2n) is 9.39. The lowest BCUT2D eigenvalue weighted by atomic mass is 9.83. The molecule has 1 heterocycles. The van der Waals surface area contributed by atoms with Crippen molar-refractivity contribution in [3.63, 3.8) is 0 Å². The molecule has 0 unspecified atom stereocenters. The third-order valence-electron chi connectivity index (χ3n) is 6.24. The maximum atomic E-state index is 14.7. The molecule has 0 atom stereocenters. The topological polar surface area (TPSA) is 92.3 Å². The quantitative estimate of drug-likeness (QED) is 0.487. The molecule has 3 rings (SSSR count). The van der Waals surface area contributed by atoms with Gasteiger partial charge in [-0.3, -0.25) is 0 Å². The van der Waals surface area contributed by atoms with Gasteiger partial charge in [-0.15, -0.1) is 0 Å². The van der Waals surface area contributed by atoms with Crippen molar-refractivity contribution in [1.82, 2.24) is 10.2 Å². The van der Waals surface area contributed by atoms with Crippen molar-refractivity contribution < 1.29 is 27.9 Å². The normalized spacial score (nSPS) is 18.9. The van der Waals surface area contributed by atoms with E-state index in [9.17, 15) is 18.4 Å². The number of anilines is 1. The standard InChI is InChI=1S/C25H36F2N4O4/c1-4-11-28-24(32)29-23-15-21(26)20(14-22(23)27)17-5-7-18(8-6-17)30-35-19-9-12-31(13-10-19)25(33)34-16(2)3/h14-17,19H,4-13H2,1-3H3,(H2,28,29,32). The number of oxime groups is 1. The number of hydrogen-bond donors (Lipinski definition) is 2. The molecule has 0 bridgehead atoms. The van der Waals surface area contributed by atoms with Crippen LogP contribution >= 0.6 is 0 Å². The van der Waals surface area contributed by atoms with Gasteiger partial charge < -0.3 is 25.1 Å². The highest BCUT2D eigenvalue weighted by Gasteiger charge is 2.27. The van der Waals surface area contributed by atoms with Crippen LogP contribution in [0.5, 0.6) is 0 Å². The number of benzene rings is 1. The molecule has 1 saturated carbocycles. The predicted molar refractivity (Wildman–Crippen MR) is 130 cm³/mol. The predicted octanol–water partition coefficient (Wildman–Crippen LogP) is 5.54. The Morgan fingerprint density at radius 1 is 1.11 bits per heavy atom. The summed E-state index contributed by atoms with van der Waals surface area (Å²) >= 11 is 0. The van der Waals surface area contributed by atoms with E-state index in [2.05, 4.69) is 15.8 Å². The molecule has 1 aromatic carbocycles. The lowest BCUT2D eigenvalue weighted by Crippen LogP contribution is -2.41. The van der Waals surface area contributed by atoms with E-state index in [4.69, 9.17) is 9.57 Å². The maximum absolute atomic E-state index is 14.7. The van der Waals surface area contributed by atoms with Crippen LogP contribution in [0.15, 0.2) is 17.3 Å². The molecule has 0 aromatic heterocycles. The van der Waals surface area contributed by atoms with Gasteiger partial charge in [0.1, 0.15) is 17.7 Å². The number of urea groups is 1. The molecule has 1 saturated heterocycles. The number of ether oxygens (including phenoxy) is 1. The lowest BCUT2D eigenvalue weighted by molar-refractivity contribution is 0.00403. The first-order chi connectivity index (χ1) is 16.8. The molecule has 35 heavy (non-hydrogen) atoms. The SMILES string of the molecule is CCCNC(=O)Nc1cc(F)c(C2CCC(=NOC3CCN(C(=O)OC(C)C)CC3)CC2)cc1F. The molecule has 2 N–H and O–H groups in total. The van der Waals surface area contributed by atoms with Gasteiger partial charge in [-0.1, -0.05) is 12.1 Å². The molecule has 3 amide bonds. The van der Waals surface area contributed by atoms with Crippen LogP contribution in [0, 0.1) is 11.6 Å². The molecular formula is C25H36F2N4O4. The van der Waals surface area contributed by atoms with Crippen LogP contribution < -0.4 is 10.6 Å². The molecule has 1 aromatic rings. The average molecular weight is 495 g/mol. The van der Waals surface area contributed by atoms with Crippen LogP contribution in [0.1, 0.15) is 77.2 Å². The number of likely N-dealkylation sites (tertiary alicyclic amines) is 1. The Bertz CT molecular complexity index is 907. The lowest BCUT2D eigenvalue weighted by Gasteiger charge is -2.31. The van der Waals surface area contributed by atoms with E-state index in [1.165, 1.54) is 6.07 Å². The average Bonchev–Trinajstić information content (AvgIpc) is 2.83. The number of piperidine rings is 1. The van der Waals surface area contributed by atoms with Gasteiger partial charge in [-0.2, -0.15) is 0 Å². The number of amides is 3. The highest BCUT2D eigenvalue weighted by Crippen LogP contribution is 2.35. The Morgan fingerprint density at radius 3 is 2.43 bits per heavy atom. The van der Waals surface area contributed by atoms with E-state index in [0.717, 1.165) is 18.2 Å². The van der Waals surface area contributed by atoms with Crippen LogP contribution in [0.25, 0.3) is 0 Å². The summed E-state index contributed by atoms with van der Waals surface area (Å²) in [5.74, 6) is -1.30. The van der Waals surface area contributed by atoms with Crippen LogP contribution in [-0.4, -0.2) is 54.6 Å². The maximum Gasteiger partial charge on any atom is 0.410 e. The Balaban J connectivity index is 1.47. The summed E-state index contributed by atoms with van der Waals surface area (Å²) in [6.07, 6.45) is 4.20. The van der Waals surface area contributed by atoms with Gasteiger partial charge in [0.25, 0.3) is 0 Å². The molecule has 2 aliphatic rings.